The molecule has 0 aliphatic heterocycles. The van der Waals surface area contributed by atoms with Gasteiger partial charge >= 0.3 is 0 Å². The molecule has 0 N–H and O–H groups in total. The fraction of sp³-hybridized carbons (Fsp3) is 0.750. The van der Waals surface area contributed by atoms with Gasteiger partial charge in [-0.2, -0.15) is 0 Å². The van der Waals surface area contributed by atoms with E-state index >= 15 is 0 Å². The Balaban J connectivity index is 2.18. The van der Waals surface area contributed by atoms with E-state index in [1.807, 2.05) is 0 Å². The number of allylic oxidation sites excluding steroid dienone is 2. The first-order chi connectivity index (χ1) is 4.43. The Hall–Kier alpha value is -0.195. The molecule has 2 radical (unpaired) electrons. The SMILES string of the molecule is [B]CCC1CC=CCC1. The molecular weight excluding hydrogens is 107 g/mol. The van der Waals surface area contributed by atoms with Crippen molar-refractivity contribution in [3.8, 4) is 0 Å². The molecule has 0 aromatic rings. The summed E-state index contributed by atoms with van der Waals surface area (Å²) in [6, 6.07) is 0. The lowest BCUT2D eigenvalue weighted by Crippen LogP contribution is -2.01. The smallest absolute Gasteiger partial charge is 0.0653 e. The van der Waals surface area contributed by atoms with Crippen molar-refractivity contribution >= 4 is 7.85 Å². The molecule has 1 heteroatoms. The molecule has 1 aliphatic rings. The van der Waals surface area contributed by atoms with Crippen LogP contribution in [0.15, 0.2) is 12.2 Å². The summed E-state index contributed by atoms with van der Waals surface area (Å²) in [6.07, 6.45) is 10.5. The van der Waals surface area contributed by atoms with Crippen LogP contribution < -0.4 is 0 Å². The van der Waals surface area contributed by atoms with Crippen LogP contribution in [0, 0.1) is 5.92 Å². The zero-order valence-electron chi connectivity index (χ0n) is 5.84. The second kappa shape index (κ2) is 3.76. The Morgan fingerprint density at radius 3 is 2.89 bits per heavy atom. The molecule has 0 spiro atoms. The van der Waals surface area contributed by atoms with E-state index in [-0.39, 0.29) is 0 Å². The monoisotopic (exact) mass is 120 g/mol. The van der Waals surface area contributed by atoms with E-state index < -0.39 is 0 Å². The minimum atomic E-state index is 0.860. The highest BCUT2D eigenvalue weighted by Gasteiger charge is 2.06. The van der Waals surface area contributed by atoms with Gasteiger partial charge in [0.2, 0.25) is 0 Å². The van der Waals surface area contributed by atoms with E-state index in [1.165, 1.54) is 25.7 Å². The molecule has 1 unspecified atom stereocenters. The second-order valence-electron chi connectivity index (χ2n) is 2.73. The fourth-order valence-electron chi connectivity index (χ4n) is 1.35. The molecule has 0 aromatic carbocycles. The van der Waals surface area contributed by atoms with Gasteiger partial charge < -0.3 is 0 Å². The maximum Gasteiger partial charge on any atom is 0.0653 e. The van der Waals surface area contributed by atoms with Gasteiger partial charge in [-0.15, -0.1) is 0 Å². The van der Waals surface area contributed by atoms with Crippen molar-refractivity contribution in [1.82, 2.24) is 0 Å². The predicted octanol–water partition coefficient (Wildman–Crippen LogP) is 2.32. The fourth-order valence-corrected chi connectivity index (χ4v) is 1.35. The summed E-state index contributed by atoms with van der Waals surface area (Å²) >= 11 is 0. The van der Waals surface area contributed by atoms with Gasteiger partial charge in [0.1, 0.15) is 0 Å². The van der Waals surface area contributed by atoms with Crippen LogP contribution in [0.2, 0.25) is 6.32 Å². The van der Waals surface area contributed by atoms with Gasteiger partial charge in [-0.05, 0) is 25.2 Å². The molecule has 0 aromatic heterocycles. The van der Waals surface area contributed by atoms with Crippen molar-refractivity contribution in [2.24, 2.45) is 5.92 Å². The Morgan fingerprint density at radius 1 is 1.44 bits per heavy atom. The zero-order chi connectivity index (χ0) is 6.53. The minimum Gasteiger partial charge on any atom is -0.0885 e. The van der Waals surface area contributed by atoms with E-state index in [4.69, 9.17) is 7.85 Å². The third-order valence-electron chi connectivity index (χ3n) is 1.95. The molecule has 48 valence electrons. The van der Waals surface area contributed by atoms with Gasteiger partial charge in [0, 0.05) is 0 Å². The largest absolute Gasteiger partial charge is 0.0885 e. The van der Waals surface area contributed by atoms with E-state index in [1.54, 1.807) is 0 Å². The average Bonchev–Trinajstić information content (AvgIpc) is 1.91. The molecule has 9 heavy (non-hydrogen) atoms. The highest BCUT2D eigenvalue weighted by molar-refractivity contribution is 6.08. The molecule has 0 saturated heterocycles. The molecule has 0 bridgehead atoms. The lowest BCUT2D eigenvalue weighted by Gasteiger charge is -2.15. The van der Waals surface area contributed by atoms with Gasteiger partial charge in [0.25, 0.3) is 0 Å². The summed E-state index contributed by atoms with van der Waals surface area (Å²) in [7, 11) is 5.44. The summed E-state index contributed by atoms with van der Waals surface area (Å²) < 4.78 is 0. The summed E-state index contributed by atoms with van der Waals surface area (Å²) in [5.74, 6) is 0.889. The second-order valence-corrected chi connectivity index (χ2v) is 2.73. The molecule has 1 rings (SSSR count). The van der Waals surface area contributed by atoms with Crippen LogP contribution in [0.1, 0.15) is 25.7 Å². The lowest BCUT2D eigenvalue weighted by molar-refractivity contribution is 0.465. The van der Waals surface area contributed by atoms with Gasteiger partial charge in [-0.1, -0.05) is 24.9 Å². The lowest BCUT2D eigenvalue weighted by atomic mass is 9.86. The number of hydrogen-bond donors (Lipinski definition) is 0. The van der Waals surface area contributed by atoms with Crippen LogP contribution in [0.5, 0.6) is 0 Å². The molecule has 1 aliphatic carbocycles. The quantitative estimate of drug-likeness (QED) is 0.387. The predicted molar refractivity (Wildman–Crippen MR) is 41.7 cm³/mol. The summed E-state index contributed by atoms with van der Waals surface area (Å²) in [5.41, 5.74) is 0. The van der Waals surface area contributed by atoms with E-state index in [0.29, 0.717) is 0 Å². The van der Waals surface area contributed by atoms with Crippen molar-refractivity contribution in [2.75, 3.05) is 0 Å². The maximum absolute atomic E-state index is 5.44. The van der Waals surface area contributed by atoms with E-state index in [2.05, 4.69) is 12.2 Å². The average molecular weight is 120 g/mol. The Morgan fingerprint density at radius 2 is 2.33 bits per heavy atom. The molecule has 0 heterocycles. The zero-order valence-corrected chi connectivity index (χ0v) is 5.84. The number of hydrogen-bond acceptors (Lipinski definition) is 0. The molecular formula is C8H13B. The van der Waals surface area contributed by atoms with Crippen molar-refractivity contribution in [3.05, 3.63) is 12.2 Å². The van der Waals surface area contributed by atoms with Crippen molar-refractivity contribution in [3.63, 3.8) is 0 Å². The van der Waals surface area contributed by atoms with Gasteiger partial charge in [0.15, 0.2) is 0 Å². The molecule has 0 saturated carbocycles. The third-order valence-corrected chi connectivity index (χ3v) is 1.95. The number of rotatable bonds is 2. The van der Waals surface area contributed by atoms with E-state index in [9.17, 15) is 0 Å². The minimum absolute atomic E-state index is 0.860. The maximum atomic E-state index is 5.44. The normalized spacial score (nSPS) is 26.4. The van der Waals surface area contributed by atoms with Crippen LogP contribution in [0.4, 0.5) is 0 Å². The Bertz CT molecular complexity index is 96.7. The van der Waals surface area contributed by atoms with Gasteiger partial charge in [-0.3, -0.25) is 0 Å². The van der Waals surface area contributed by atoms with Crippen LogP contribution in [-0.2, 0) is 0 Å². The molecule has 1 atom stereocenters. The molecule has 0 amide bonds. The molecule has 0 nitrogen and oxygen atoms in total. The standard InChI is InChI=1S/C8H13B/c9-7-6-8-4-2-1-3-5-8/h1-2,8H,3-7H2. The Kier molecular flexibility index (Phi) is 2.89. The van der Waals surface area contributed by atoms with Crippen molar-refractivity contribution in [1.29, 1.82) is 0 Å². The first-order valence-electron chi connectivity index (χ1n) is 3.78. The molecule has 0 fully saturated rings. The Labute approximate surface area is 58.8 Å². The topological polar surface area (TPSA) is 0 Å². The summed E-state index contributed by atoms with van der Waals surface area (Å²) in [4.78, 5) is 0. The van der Waals surface area contributed by atoms with Crippen molar-refractivity contribution in [2.45, 2.75) is 32.0 Å². The summed E-state index contributed by atoms with van der Waals surface area (Å²) in [6.45, 7) is 0. The van der Waals surface area contributed by atoms with Crippen LogP contribution in [0.3, 0.4) is 0 Å². The van der Waals surface area contributed by atoms with Crippen LogP contribution in [-0.4, -0.2) is 7.85 Å². The first kappa shape index (κ1) is 6.92. The first-order valence-corrected chi connectivity index (χ1v) is 3.78. The van der Waals surface area contributed by atoms with Crippen LogP contribution >= 0.6 is 0 Å². The third kappa shape index (κ3) is 2.25. The van der Waals surface area contributed by atoms with Gasteiger partial charge in [-0.25, -0.2) is 0 Å². The van der Waals surface area contributed by atoms with Gasteiger partial charge in [0.05, 0.1) is 7.85 Å². The highest BCUT2D eigenvalue weighted by Crippen LogP contribution is 2.21. The van der Waals surface area contributed by atoms with E-state index in [0.717, 1.165) is 12.2 Å². The highest BCUT2D eigenvalue weighted by atomic mass is 14.1. The van der Waals surface area contributed by atoms with Crippen molar-refractivity contribution < 1.29 is 0 Å². The van der Waals surface area contributed by atoms with Crippen LogP contribution in [0.25, 0.3) is 0 Å². The summed E-state index contributed by atoms with van der Waals surface area (Å²) in [5, 5.41) is 0.